The summed E-state index contributed by atoms with van der Waals surface area (Å²) in [6.07, 6.45) is 0.264. The summed E-state index contributed by atoms with van der Waals surface area (Å²) in [7, 11) is 1.34. The molecule has 2 N–H and O–H groups in total. The van der Waals surface area contributed by atoms with E-state index < -0.39 is 0 Å². The Labute approximate surface area is 120 Å². The molecule has 7 heteroatoms. The molecule has 1 aromatic heterocycles. The predicted molar refractivity (Wildman–Crippen MR) is 75.7 cm³/mol. The van der Waals surface area contributed by atoms with Gasteiger partial charge in [-0.3, -0.25) is 9.59 Å². The van der Waals surface area contributed by atoms with Crippen LogP contribution >= 0.6 is 11.6 Å². The van der Waals surface area contributed by atoms with Crippen molar-refractivity contribution in [1.29, 1.82) is 0 Å². The average molecular weight is 296 g/mol. The van der Waals surface area contributed by atoms with E-state index in [1.54, 1.807) is 18.2 Å². The van der Waals surface area contributed by atoms with Gasteiger partial charge < -0.3 is 15.0 Å². The monoisotopic (exact) mass is 295 g/mol. The number of halogens is 1. The maximum Gasteiger partial charge on any atom is 0.306 e. The molecule has 1 heterocycles. The number of hydrogen-bond acceptors (Lipinski definition) is 5. The number of aromatic amines is 1. The second kappa shape index (κ2) is 6.49. The van der Waals surface area contributed by atoms with Crippen LogP contribution in [0.25, 0.3) is 10.9 Å². The molecule has 0 saturated heterocycles. The topological polar surface area (TPSA) is 84.1 Å². The summed E-state index contributed by atoms with van der Waals surface area (Å²) in [6.45, 7) is 0.804. The van der Waals surface area contributed by atoms with Crippen molar-refractivity contribution in [2.45, 2.75) is 13.0 Å². The maximum atomic E-state index is 11.9. The van der Waals surface area contributed by atoms with Gasteiger partial charge in [-0.25, -0.2) is 4.98 Å². The highest BCUT2D eigenvalue weighted by Gasteiger charge is 2.05. The highest BCUT2D eigenvalue weighted by Crippen LogP contribution is 2.14. The standard InChI is InChI=1S/C13H14ClN3O3/c1-20-12(18)4-5-15-7-11-16-10-6-8(14)2-3-9(10)13(19)17-11/h2-3,6,15H,4-5,7H2,1H3,(H,16,17,19). The summed E-state index contributed by atoms with van der Waals surface area (Å²) in [5, 5.41) is 4.03. The number of methoxy groups -OCH3 is 1. The first-order valence-corrected chi connectivity index (χ1v) is 6.44. The van der Waals surface area contributed by atoms with Crippen LogP contribution in [0.2, 0.25) is 5.02 Å². The Kier molecular flexibility index (Phi) is 4.70. The second-order valence-electron chi connectivity index (χ2n) is 4.18. The molecular weight excluding hydrogens is 282 g/mol. The molecule has 2 aromatic rings. The number of nitrogens with one attached hydrogen (secondary N) is 2. The fraction of sp³-hybridized carbons (Fsp3) is 0.308. The molecule has 0 spiro atoms. The molecule has 0 unspecified atom stereocenters. The minimum absolute atomic E-state index is 0.212. The number of H-pyrrole nitrogens is 1. The van der Waals surface area contributed by atoms with Crippen molar-refractivity contribution in [1.82, 2.24) is 15.3 Å². The molecule has 0 amide bonds. The van der Waals surface area contributed by atoms with Crippen LogP contribution < -0.4 is 10.9 Å². The van der Waals surface area contributed by atoms with Gasteiger partial charge in [-0.05, 0) is 18.2 Å². The molecule has 0 bridgehead atoms. The van der Waals surface area contributed by atoms with Crippen LogP contribution in [0.1, 0.15) is 12.2 Å². The lowest BCUT2D eigenvalue weighted by molar-refractivity contribution is -0.140. The quantitative estimate of drug-likeness (QED) is 0.640. The Balaban J connectivity index is 2.07. The van der Waals surface area contributed by atoms with Crippen LogP contribution in [0, 0.1) is 0 Å². The zero-order chi connectivity index (χ0) is 14.5. The molecular formula is C13H14ClN3O3. The van der Waals surface area contributed by atoms with Gasteiger partial charge in [0, 0.05) is 11.6 Å². The van der Waals surface area contributed by atoms with Crippen molar-refractivity contribution in [3.05, 3.63) is 39.4 Å². The Morgan fingerprint density at radius 3 is 3.05 bits per heavy atom. The van der Waals surface area contributed by atoms with Gasteiger partial charge in [0.05, 0.1) is 31.0 Å². The summed E-state index contributed by atoms with van der Waals surface area (Å²) in [5.74, 6) is 0.207. The molecule has 0 aliphatic carbocycles. The molecule has 0 fully saturated rings. The fourth-order valence-corrected chi connectivity index (χ4v) is 1.91. The summed E-state index contributed by atoms with van der Waals surface area (Å²) >= 11 is 5.88. The molecule has 0 atom stereocenters. The fourth-order valence-electron chi connectivity index (χ4n) is 1.74. The van der Waals surface area contributed by atoms with E-state index in [9.17, 15) is 9.59 Å². The van der Waals surface area contributed by atoms with Crippen LogP contribution in [0.15, 0.2) is 23.0 Å². The first-order valence-electron chi connectivity index (χ1n) is 6.06. The number of ether oxygens (including phenoxy) is 1. The van der Waals surface area contributed by atoms with Gasteiger partial charge in [0.2, 0.25) is 0 Å². The van der Waals surface area contributed by atoms with Crippen LogP contribution in [0.4, 0.5) is 0 Å². The molecule has 106 valence electrons. The lowest BCUT2D eigenvalue weighted by atomic mass is 10.2. The predicted octanol–water partition coefficient (Wildman–Crippen LogP) is 1.23. The molecule has 0 radical (unpaired) electrons. The lowest BCUT2D eigenvalue weighted by Crippen LogP contribution is -2.22. The van der Waals surface area contributed by atoms with Crippen molar-refractivity contribution in [2.24, 2.45) is 0 Å². The third-order valence-corrected chi connectivity index (χ3v) is 2.98. The van der Waals surface area contributed by atoms with Crippen molar-refractivity contribution in [2.75, 3.05) is 13.7 Å². The van der Waals surface area contributed by atoms with Crippen molar-refractivity contribution >= 4 is 28.5 Å². The Morgan fingerprint density at radius 2 is 2.30 bits per heavy atom. The second-order valence-corrected chi connectivity index (χ2v) is 4.61. The van der Waals surface area contributed by atoms with Crippen LogP contribution in [0.3, 0.4) is 0 Å². The molecule has 20 heavy (non-hydrogen) atoms. The largest absolute Gasteiger partial charge is 0.469 e. The van der Waals surface area contributed by atoms with Crippen LogP contribution in [-0.2, 0) is 16.1 Å². The lowest BCUT2D eigenvalue weighted by Gasteiger charge is -2.05. The number of carbonyl (C=O) groups is 1. The van der Waals surface area contributed by atoms with Crippen molar-refractivity contribution < 1.29 is 9.53 Å². The number of rotatable bonds is 5. The molecule has 0 aliphatic rings. The summed E-state index contributed by atoms with van der Waals surface area (Å²) < 4.78 is 4.53. The SMILES string of the molecule is COC(=O)CCNCc1nc2cc(Cl)ccc2c(=O)[nH]1. The third-order valence-electron chi connectivity index (χ3n) is 2.74. The normalized spacial score (nSPS) is 10.7. The van der Waals surface area contributed by atoms with E-state index >= 15 is 0 Å². The number of fused-ring (bicyclic) bond motifs is 1. The van der Waals surface area contributed by atoms with Crippen LogP contribution in [0.5, 0.6) is 0 Å². The first kappa shape index (κ1) is 14.5. The summed E-state index contributed by atoms with van der Waals surface area (Å²) in [5.41, 5.74) is 0.336. The zero-order valence-corrected chi connectivity index (χ0v) is 11.7. The van der Waals surface area contributed by atoms with E-state index in [-0.39, 0.29) is 17.9 Å². The van der Waals surface area contributed by atoms with Crippen molar-refractivity contribution in [3.8, 4) is 0 Å². The third kappa shape index (κ3) is 3.55. The van der Waals surface area contributed by atoms with Gasteiger partial charge in [-0.15, -0.1) is 0 Å². The molecule has 2 rings (SSSR count). The van der Waals surface area contributed by atoms with E-state index in [0.29, 0.717) is 34.8 Å². The molecule has 6 nitrogen and oxygen atoms in total. The first-order chi connectivity index (χ1) is 9.60. The highest BCUT2D eigenvalue weighted by molar-refractivity contribution is 6.31. The number of aromatic nitrogens is 2. The smallest absolute Gasteiger partial charge is 0.306 e. The number of nitrogens with zero attached hydrogens (tertiary/aromatic N) is 1. The minimum atomic E-state index is -0.288. The summed E-state index contributed by atoms with van der Waals surface area (Å²) in [6, 6.07) is 4.93. The van der Waals surface area contributed by atoms with Gasteiger partial charge in [0.25, 0.3) is 5.56 Å². The van der Waals surface area contributed by atoms with Crippen molar-refractivity contribution in [3.63, 3.8) is 0 Å². The van der Waals surface area contributed by atoms with E-state index in [1.165, 1.54) is 7.11 Å². The molecule has 0 aliphatic heterocycles. The Bertz CT molecular complexity index is 684. The van der Waals surface area contributed by atoms with Gasteiger partial charge in [-0.1, -0.05) is 11.6 Å². The van der Waals surface area contributed by atoms with E-state index in [2.05, 4.69) is 20.0 Å². The summed E-state index contributed by atoms with van der Waals surface area (Å²) in [4.78, 5) is 29.8. The zero-order valence-electron chi connectivity index (χ0n) is 10.9. The molecule has 1 aromatic carbocycles. The highest BCUT2D eigenvalue weighted by atomic mass is 35.5. The number of carbonyl (C=O) groups excluding carboxylic acids is 1. The Hall–Kier alpha value is -1.92. The molecule has 0 saturated carbocycles. The van der Waals surface area contributed by atoms with Crippen LogP contribution in [-0.4, -0.2) is 29.6 Å². The number of esters is 1. The van der Waals surface area contributed by atoms with Gasteiger partial charge in [0.1, 0.15) is 5.82 Å². The van der Waals surface area contributed by atoms with Gasteiger partial charge in [-0.2, -0.15) is 0 Å². The van der Waals surface area contributed by atoms with Gasteiger partial charge >= 0.3 is 5.97 Å². The van der Waals surface area contributed by atoms with E-state index in [1.807, 2.05) is 0 Å². The number of benzene rings is 1. The van der Waals surface area contributed by atoms with Gasteiger partial charge in [0.15, 0.2) is 0 Å². The maximum absolute atomic E-state index is 11.9. The minimum Gasteiger partial charge on any atom is -0.469 e. The number of hydrogen-bond donors (Lipinski definition) is 2. The van der Waals surface area contributed by atoms with E-state index in [0.717, 1.165) is 0 Å². The van der Waals surface area contributed by atoms with E-state index in [4.69, 9.17) is 11.6 Å². The Morgan fingerprint density at radius 1 is 1.50 bits per heavy atom. The average Bonchev–Trinajstić information content (AvgIpc) is 2.42.